The minimum absolute atomic E-state index is 0.128. The summed E-state index contributed by atoms with van der Waals surface area (Å²) in [5.74, 6) is 0.584. The molecule has 1 amide bonds. The molecule has 0 aliphatic carbocycles. The molecule has 0 spiro atoms. The molecule has 2 aromatic rings. The summed E-state index contributed by atoms with van der Waals surface area (Å²) in [7, 11) is 1.62. The molecule has 1 aliphatic rings. The van der Waals surface area contributed by atoms with Gasteiger partial charge >= 0.3 is 0 Å². The summed E-state index contributed by atoms with van der Waals surface area (Å²) in [5.41, 5.74) is 2.37. The lowest BCUT2D eigenvalue weighted by molar-refractivity contribution is 0.102. The smallest absolute Gasteiger partial charge is 0.255 e. The Morgan fingerprint density at radius 3 is 2.71 bits per heavy atom. The van der Waals surface area contributed by atoms with Gasteiger partial charge in [0.15, 0.2) is 0 Å². The van der Waals surface area contributed by atoms with Crippen molar-refractivity contribution in [3.63, 3.8) is 0 Å². The van der Waals surface area contributed by atoms with Crippen molar-refractivity contribution in [1.29, 1.82) is 0 Å². The average molecular weight is 438 g/mol. The van der Waals surface area contributed by atoms with Crippen LogP contribution >= 0.6 is 22.6 Å². The zero-order valence-electron chi connectivity index (χ0n) is 13.4. The van der Waals surface area contributed by atoms with E-state index in [1.54, 1.807) is 7.11 Å². The van der Waals surface area contributed by atoms with E-state index >= 15 is 0 Å². The zero-order chi connectivity index (χ0) is 16.9. The molecule has 2 aromatic carbocycles. The van der Waals surface area contributed by atoms with Crippen molar-refractivity contribution < 1.29 is 14.3 Å². The van der Waals surface area contributed by atoms with Gasteiger partial charge in [-0.2, -0.15) is 0 Å². The molecule has 0 aromatic heterocycles. The van der Waals surface area contributed by atoms with Crippen LogP contribution in [0.2, 0.25) is 0 Å². The monoisotopic (exact) mass is 438 g/mol. The van der Waals surface area contributed by atoms with Crippen LogP contribution in [0.5, 0.6) is 5.75 Å². The molecule has 0 bridgehead atoms. The first-order chi connectivity index (χ1) is 11.7. The Bertz CT molecular complexity index is 730. The number of nitrogens with one attached hydrogen (secondary N) is 1. The van der Waals surface area contributed by atoms with Crippen molar-refractivity contribution in [3.8, 4) is 5.75 Å². The summed E-state index contributed by atoms with van der Waals surface area (Å²) in [5, 5.41) is 3.02. The Hall–Kier alpha value is -1.80. The summed E-state index contributed by atoms with van der Waals surface area (Å²) >= 11 is 2.20. The molecule has 1 heterocycles. The highest BCUT2D eigenvalue weighted by Gasteiger charge is 2.17. The minimum atomic E-state index is -0.128. The van der Waals surface area contributed by atoms with E-state index in [0.717, 1.165) is 28.0 Å². The molecule has 1 aliphatic heterocycles. The molecule has 0 unspecified atom stereocenters. The van der Waals surface area contributed by atoms with Gasteiger partial charge in [0, 0.05) is 28.3 Å². The van der Waals surface area contributed by atoms with Gasteiger partial charge in [-0.05, 0) is 52.9 Å². The molecule has 0 saturated carbocycles. The standard InChI is InChI=1S/C18H19IN2O3/c1-23-15-5-6-17(21-7-9-24-10-8-21)16(12-15)20-18(22)13-3-2-4-14(19)11-13/h2-6,11-12H,7-10H2,1H3,(H,20,22). The predicted molar refractivity (Wildman–Crippen MR) is 103 cm³/mol. The van der Waals surface area contributed by atoms with E-state index in [-0.39, 0.29) is 5.91 Å². The van der Waals surface area contributed by atoms with Crippen LogP contribution in [0.4, 0.5) is 11.4 Å². The molecule has 126 valence electrons. The van der Waals surface area contributed by atoms with Crippen molar-refractivity contribution in [2.45, 2.75) is 0 Å². The van der Waals surface area contributed by atoms with Crippen LogP contribution in [0, 0.1) is 3.57 Å². The second-order valence-corrected chi connectivity index (χ2v) is 6.69. The van der Waals surface area contributed by atoms with Gasteiger partial charge in [0.05, 0.1) is 31.7 Å². The molecule has 5 nitrogen and oxygen atoms in total. The van der Waals surface area contributed by atoms with Gasteiger partial charge in [-0.25, -0.2) is 0 Å². The lowest BCUT2D eigenvalue weighted by Gasteiger charge is -2.30. The molecule has 1 N–H and O–H groups in total. The third-order valence-electron chi connectivity index (χ3n) is 3.89. The molecule has 0 radical (unpaired) electrons. The largest absolute Gasteiger partial charge is 0.497 e. The van der Waals surface area contributed by atoms with E-state index < -0.39 is 0 Å². The molecular weight excluding hydrogens is 419 g/mol. The van der Waals surface area contributed by atoms with Crippen molar-refractivity contribution in [2.24, 2.45) is 0 Å². The first-order valence-electron chi connectivity index (χ1n) is 7.75. The number of methoxy groups -OCH3 is 1. The number of amides is 1. The number of morpholine rings is 1. The van der Waals surface area contributed by atoms with Crippen LogP contribution in [-0.4, -0.2) is 39.3 Å². The van der Waals surface area contributed by atoms with E-state index in [0.29, 0.717) is 24.5 Å². The number of hydrogen-bond acceptors (Lipinski definition) is 4. The third kappa shape index (κ3) is 3.99. The molecule has 24 heavy (non-hydrogen) atoms. The molecule has 0 atom stereocenters. The lowest BCUT2D eigenvalue weighted by Crippen LogP contribution is -2.36. The summed E-state index contributed by atoms with van der Waals surface area (Å²) in [6.07, 6.45) is 0. The molecule has 6 heteroatoms. The number of rotatable bonds is 4. The highest BCUT2D eigenvalue weighted by Crippen LogP contribution is 2.31. The predicted octanol–water partition coefficient (Wildman–Crippen LogP) is 3.39. The Kier molecular flexibility index (Phi) is 5.57. The highest BCUT2D eigenvalue weighted by atomic mass is 127. The van der Waals surface area contributed by atoms with Crippen LogP contribution in [0.1, 0.15) is 10.4 Å². The fourth-order valence-electron chi connectivity index (χ4n) is 2.65. The van der Waals surface area contributed by atoms with Gasteiger partial charge in [0.1, 0.15) is 5.75 Å². The third-order valence-corrected chi connectivity index (χ3v) is 4.56. The fourth-order valence-corrected chi connectivity index (χ4v) is 3.19. The molecular formula is C18H19IN2O3. The van der Waals surface area contributed by atoms with E-state index in [2.05, 4.69) is 32.8 Å². The van der Waals surface area contributed by atoms with Crippen LogP contribution < -0.4 is 15.0 Å². The van der Waals surface area contributed by atoms with Gasteiger partial charge < -0.3 is 19.7 Å². The number of anilines is 2. The summed E-state index contributed by atoms with van der Waals surface area (Å²) in [6, 6.07) is 13.3. The fraction of sp³-hybridized carbons (Fsp3) is 0.278. The van der Waals surface area contributed by atoms with E-state index in [1.165, 1.54) is 0 Å². The Balaban J connectivity index is 1.88. The van der Waals surface area contributed by atoms with Gasteiger partial charge in [-0.15, -0.1) is 0 Å². The van der Waals surface area contributed by atoms with Crippen molar-refractivity contribution in [1.82, 2.24) is 0 Å². The van der Waals surface area contributed by atoms with E-state index in [9.17, 15) is 4.79 Å². The van der Waals surface area contributed by atoms with E-state index in [1.807, 2.05) is 42.5 Å². The van der Waals surface area contributed by atoms with Crippen molar-refractivity contribution >= 4 is 39.9 Å². The second kappa shape index (κ2) is 7.85. The number of carbonyl (C=O) groups excluding carboxylic acids is 1. The first kappa shape index (κ1) is 17.0. The second-order valence-electron chi connectivity index (χ2n) is 5.45. The van der Waals surface area contributed by atoms with Crippen molar-refractivity contribution in [3.05, 3.63) is 51.6 Å². The van der Waals surface area contributed by atoms with Gasteiger partial charge in [-0.3, -0.25) is 4.79 Å². The number of ether oxygens (including phenoxy) is 2. The van der Waals surface area contributed by atoms with Crippen LogP contribution in [0.3, 0.4) is 0 Å². The topological polar surface area (TPSA) is 50.8 Å². The van der Waals surface area contributed by atoms with Gasteiger partial charge in [0.2, 0.25) is 0 Å². The maximum absolute atomic E-state index is 12.6. The minimum Gasteiger partial charge on any atom is -0.497 e. The number of halogens is 1. The van der Waals surface area contributed by atoms with Crippen molar-refractivity contribution in [2.75, 3.05) is 43.6 Å². The van der Waals surface area contributed by atoms with Gasteiger partial charge in [-0.1, -0.05) is 6.07 Å². The summed E-state index contributed by atoms with van der Waals surface area (Å²) in [6.45, 7) is 2.99. The van der Waals surface area contributed by atoms with Gasteiger partial charge in [0.25, 0.3) is 5.91 Å². The molecule has 1 fully saturated rings. The summed E-state index contributed by atoms with van der Waals surface area (Å²) in [4.78, 5) is 14.8. The first-order valence-corrected chi connectivity index (χ1v) is 8.83. The molecule has 3 rings (SSSR count). The number of hydrogen-bond donors (Lipinski definition) is 1. The SMILES string of the molecule is COc1ccc(N2CCOCC2)c(NC(=O)c2cccc(I)c2)c1. The van der Waals surface area contributed by atoms with Crippen LogP contribution in [0.15, 0.2) is 42.5 Å². The highest BCUT2D eigenvalue weighted by molar-refractivity contribution is 14.1. The normalized spacial score (nSPS) is 14.3. The maximum Gasteiger partial charge on any atom is 0.255 e. The number of benzene rings is 2. The Morgan fingerprint density at radius 2 is 2.00 bits per heavy atom. The number of nitrogens with zero attached hydrogens (tertiary/aromatic N) is 1. The van der Waals surface area contributed by atoms with E-state index in [4.69, 9.17) is 9.47 Å². The number of carbonyl (C=O) groups is 1. The zero-order valence-corrected chi connectivity index (χ0v) is 15.6. The summed E-state index contributed by atoms with van der Waals surface area (Å²) < 4.78 is 11.8. The lowest BCUT2D eigenvalue weighted by atomic mass is 10.2. The maximum atomic E-state index is 12.6. The molecule has 1 saturated heterocycles. The average Bonchev–Trinajstić information content (AvgIpc) is 2.62. The van der Waals surface area contributed by atoms with Crippen LogP contribution in [-0.2, 0) is 4.74 Å². The quantitative estimate of drug-likeness (QED) is 0.744. The van der Waals surface area contributed by atoms with Crippen LogP contribution in [0.25, 0.3) is 0 Å². The Labute approximate surface area is 155 Å². The Morgan fingerprint density at radius 1 is 1.21 bits per heavy atom.